The molecule has 6 heteroatoms. The van der Waals surface area contributed by atoms with Crippen molar-refractivity contribution in [3.05, 3.63) is 17.4 Å². The zero-order valence-corrected chi connectivity index (χ0v) is 10.2. The third-order valence-corrected chi connectivity index (χ3v) is 3.38. The first kappa shape index (κ1) is 10.8. The molecule has 1 aliphatic heterocycles. The monoisotopic (exact) mass is 252 g/mol. The Labute approximate surface area is 104 Å². The minimum Gasteiger partial charge on any atom is -0.380 e. The zero-order chi connectivity index (χ0) is 11.8. The molecule has 0 spiro atoms. The molecule has 0 saturated carbocycles. The van der Waals surface area contributed by atoms with Crippen molar-refractivity contribution >= 4 is 28.3 Å². The molecule has 90 valence electrons. The van der Waals surface area contributed by atoms with Crippen molar-refractivity contribution < 1.29 is 4.74 Å². The first-order valence-corrected chi connectivity index (χ1v) is 5.93. The van der Waals surface area contributed by atoms with Gasteiger partial charge in [-0.15, -0.1) is 0 Å². The molecule has 1 fully saturated rings. The average Bonchev–Trinajstić information content (AvgIpc) is 2.93. The molecule has 1 unspecified atom stereocenters. The van der Waals surface area contributed by atoms with E-state index in [-0.39, 0.29) is 0 Å². The highest BCUT2D eigenvalue weighted by Crippen LogP contribution is 2.27. The van der Waals surface area contributed by atoms with Crippen LogP contribution in [0.25, 0.3) is 10.9 Å². The topological polar surface area (TPSA) is 54.0 Å². The van der Waals surface area contributed by atoms with E-state index in [0.717, 1.165) is 36.2 Å². The molecule has 0 aromatic carbocycles. The highest BCUT2D eigenvalue weighted by Gasteiger charge is 2.25. The number of nitrogens with one attached hydrogen (secondary N) is 1. The van der Waals surface area contributed by atoms with Crippen LogP contribution in [0.2, 0.25) is 5.15 Å². The highest BCUT2D eigenvalue weighted by molar-refractivity contribution is 6.30. The van der Waals surface area contributed by atoms with Crippen molar-refractivity contribution in [2.45, 2.75) is 12.5 Å². The lowest BCUT2D eigenvalue weighted by molar-refractivity contribution is 0.121. The second-order valence-corrected chi connectivity index (χ2v) is 4.58. The number of aromatic amines is 1. The number of ether oxygens (including phenoxy) is 1. The molecule has 17 heavy (non-hydrogen) atoms. The third-order valence-electron chi connectivity index (χ3n) is 3.17. The number of anilines is 1. The number of nitrogens with zero attached hydrogens (tertiary/aromatic N) is 3. The fraction of sp³-hybridized carbons (Fsp3) is 0.455. The summed E-state index contributed by atoms with van der Waals surface area (Å²) in [6, 6.07) is 1.79. The van der Waals surface area contributed by atoms with Crippen LogP contribution in [-0.2, 0) is 4.74 Å². The van der Waals surface area contributed by atoms with Crippen molar-refractivity contribution in [2.75, 3.05) is 25.1 Å². The van der Waals surface area contributed by atoms with Gasteiger partial charge in [-0.1, -0.05) is 11.6 Å². The largest absolute Gasteiger partial charge is 0.380 e. The van der Waals surface area contributed by atoms with Crippen LogP contribution in [0.15, 0.2) is 12.3 Å². The number of hydrogen-bond donors (Lipinski definition) is 1. The molecule has 1 aliphatic rings. The summed E-state index contributed by atoms with van der Waals surface area (Å²) in [5.41, 5.74) is 0.917. The summed E-state index contributed by atoms with van der Waals surface area (Å²) in [4.78, 5) is 6.31. The smallest absolute Gasteiger partial charge is 0.159 e. The quantitative estimate of drug-likeness (QED) is 0.829. The van der Waals surface area contributed by atoms with Crippen LogP contribution in [0.5, 0.6) is 0 Å². The van der Waals surface area contributed by atoms with Gasteiger partial charge in [0.1, 0.15) is 5.15 Å². The van der Waals surface area contributed by atoms with Gasteiger partial charge in [0.2, 0.25) is 0 Å². The van der Waals surface area contributed by atoms with Crippen LogP contribution in [0.3, 0.4) is 0 Å². The van der Waals surface area contributed by atoms with E-state index in [1.165, 1.54) is 0 Å². The Kier molecular flexibility index (Phi) is 2.64. The Morgan fingerprint density at radius 3 is 3.24 bits per heavy atom. The van der Waals surface area contributed by atoms with E-state index in [2.05, 4.69) is 20.1 Å². The lowest BCUT2D eigenvalue weighted by Crippen LogP contribution is -2.22. The number of hydrogen-bond acceptors (Lipinski definition) is 4. The van der Waals surface area contributed by atoms with Crippen molar-refractivity contribution in [1.82, 2.24) is 15.2 Å². The first-order chi connectivity index (χ1) is 8.28. The third kappa shape index (κ3) is 1.85. The molecule has 5 nitrogen and oxygen atoms in total. The number of H-pyrrole nitrogens is 1. The minimum atomic E-state index is 0.294. The second kappa shape index (κ2) is 4.16. The predicted octanol–water partition coefficient (Wildman–Crippen LogP) is 1.84. The van der Waals surface area contributed by atoms with E-state index in [1.54, 1.807) is 19.4 Å². The zero-order valence-electron chi connectivity index (χ0n) is 9.48. The van der Waals surface area contributed by atoms with Gasteiger partial charge >= 0.3 is 0 Å². The molecule has 0 aliphatic carbocycles. The Balaban J connectivity index is 1.96. The summed E-state index contributed by atoms with van der Waals surface area (Å²) < 4.78 is 5.35. The van der Waals surface area contributed by atoms with Crippen molar-refractivity contribution in [3.8, 4) is 0 Å². The summed E-state index contributed by atoms with van der Waals surface area (Å²) in [6.45, 7) is 1.83. The van der Waals surface area contributed by atoms with Gasteiger partial charge < -0.3 is 9.64 Å². The normalized spacial score (nSPS) is 20.4. The molecule has 3 rings (SSSR count). The maximum atomic E-state index is 5.84. The summed E-state index contributed by atoms with van der Waals surface area (Å²) in [5, 5.41) is 8.80. The van der Waals surface area contributed by atoms with Gasteiger partial charge in [-0.3, -0.25) is 5.10 Å². The molecular formula is C11H13ClN4O. The minimum absolute atomic E-state index is 0.294. The lowest BCUT2D eigenvalue weighted by Gasteiger charge is -2.15. The van der Waals surface area contributed by atoms with E-state index >= 15 is 0 Å². The molecule has 0 amide bonds. The number of halogens is 1. The van der Waals surface area contributed by atoms with Gasteiger partial charge in [0.25, 0.3) is 0 Å². The van der Waals surface area contributed by atoms with E-state index < -0.39 is 0 Å². The number of rotatable bonds is 2. The number of methoxy groups -OCH3 is 1. The Morgan fingerprint density at radius 2 is 2.47 bits per heavy atom. The van der Waals surface area contributed by atoms with Crippen LogP contribution < -0.4 is 4.90 Å². The summed E-state index contributed by atoms with van der Waals surface area (Å²) in [5.74, 6) is 0.934. The van der Waals surface area contributed by atoms with Crippen LogP contribution in [0, 0.1) is 0 Å². The van der Waals surface area contributed by atoms with Crippen LogP contribution >= 0.6 is 11.6 Å². The Morgan fingerprint density at radius 1 is 1.59 bits per heavy atom. The van der Waals surface area contributed by atoms with E-state index in [0.29, 0.717) is 11.3 Å². The van der Waals surface area contributed by atoms with Gasteiger partial charge in [0, 0.05) is 32.5 Å². The Bertz CT molecular complexity index is 541. The standard InChI is InChI=1S/C11H13ClN4O/c1-17-7-2-3-16(6-7)11-8-5-13-10(12)4-9(8)14-15-11/h4-5,7H,2-3,6H2,1H3,(H,14,15). The molecule has 2 aromatic heterocycles. The van der Waals surface area contributed by atoms with E-state index in [9.17, 15) is 0 Å². The van der Waals surface area contributed by atoms with Crippen LogP contribution in [0.1, 0.15) is 6.42 Å². The van der Waals surface area contributed by atoms with Gasteiger partial charge in [0.15, 0.2) is 5.82 Å². The maximum absolute atomic E-state index is 5.84. The molecule has 0 radical (unpaired) electrons. The SMILES string of the molecule is COC1CCN(c2n[nH]c3cc(Cl)ncc23)C1. The Hall–Kier alpha value is -1.33. The average molecular weight is 253 g/mol. The molecule has 3 heterocycles. The van der Waals surface area contributed by atoms with Crippen LogP contribution in [-0.4, -0.2) is 41.5 Å². The van der Waals surface area contributed by atoms with E-state index in [1.807, 2.05) is 0 Å². The van der Waals surface area contributed by atoms with Crippen LogP contribution in [0.4, 0.5) is 5.82 Å². The van der Waals surface area contributed by atoms with Crippen molar-refractivity contribution in [2.24, 2.45) is 0 Å². The fourth-order valence-electron chi connectivity index (χ4n) is 2.23. The maximum Gasteiger partial charge on any atom is 0.159 e. The molecule has 2 aromatic rings. The second-order valence-electron chi connectivity index (χ2n) is 4.19. The van der Waals surface area contributed by atoms with E-state index in [4.69, 9.17) is 16.3 Å². The number of pyridine rings is 1. The molecular weight excluding hydrogens is 240 g/mol. The summed E-state index contributed by atoms with van der Waals surface area (Å²) in [6.07, 6.45) is 3.09. The molecule has 1 N–H and O–H groups in total. The van der Waals surface area contributed by atoms with Gasteiger partial charge in [0.05, 0.1) is 17.0 Å². The molecule has 0 bridgehead atoms. The van der Waals surface area contributed by atoms with Gasteiger partial charge in [-0.05, 0) is 6.42 Å². The number of fused-ring (bicyclic) bond motifs is 1. The molecule has 1 atom stereocenters. The molecule has 1 saturated heterocycles. The lowest BCUT2D eigenvalue weighted by atomic mass is 10.3. The summed E-state index contributed by atoms with van der Waals surface area (Å²) in [7, 11) is 1.75. The predicted molar refractivity (Wildman–Crippen MR) is 66.5 cm³/mol. The number of aromatic nitrogens is 3. The van der Waals surface area contributed by atoms with Crippen molar-refractivity contribution in [1.29, 1.82) is 0 Å². The van der Waals surface area contributed by atoms with Gasteiger partial charge in [-0.25, -0.2) is 4.98 Å². The highest BCUT2D eigenvalue weighted by atomic mass is 35.5. The summed E-state index contributed by atoms with van der Waals surface area (Å²) >= 11 is 5.84. The van der Waals surface area contributed by atoms with Crippen molar-refractivity contribution in [3.63, 3.8) is 0 Å². The van der Waals surface area contributed by atoms with Gasteiger partial charge in [-0.2, -0.15) is 5.10 Å². The first-order valence-electron chi connectivity index (χ1n) is 5.55. The fourth-order valence-corrected chi connectivity index (χ4v) is 2.39.